The van der Waals surface area contributed by atoms with Gasteiger partial charge in [-0.1, -0.05) is 19.1 Å². The number of benzene rings is 1. The summed E-state index contributed by atoms with van der Waals surface area (Å²) in [6.45, 7) is 8.68. The maximum absolute atomic E-state index is 11.3. The number of nitrogens with zero attached hydrogens (tertiary/aromatic N) is 4. The van der Waals surface area contributed by atoms with Gasteiger partial charge in [-0.3, -0.25) is 0 Å². The van der Waals surface area contributed by atoms with E-state index in [4.69, 9.17) is 14.5 Å². The second-order valence-electron chi connectivity index (χ2n) is 7.95. The standard InChI is InChI=1S/C23H34N4O5.Na.H/c1-5-11-26-15-19-21(25(26)4)22(28)27(16(3)24-19)12-13-32-18-9-7-17(8-10-18)14-20(23(29)30)31-6-2;;/h7-10,20,22,28H,5-6,11-15H2,1-4H3,(H,29,30);;. The van der Waals surface area contributed by atoms with E-state index in [0.717, 1.165) is 42.3 Å². The molecule has 0 aliphatic carbocycles. The fourth-order valence-electron chi connectivity index (χ4n) is 4.08. The van der Waals surface area contributed by atoms with E-state index in [1.807, 2.05) is 48.1 Å². The van der Waals surface area contributed by atoms with Crippen LogP contribution in [0.15, 0.2) is 40.7 Å². The van der Waals surface area contributed by atoms with Gasteiger partial charge in [-0.25, -0.2) is 14.8 Å². The van der Waals surface area contributed by atoms with Gasteiger partial charge in [0.25, 0.3) is 0 Å². The number of aliphatic hydroxyl groups is 1. The summed E-state index contributed by atoms with van der Waals surface area (Å²) in [6, 6.07) is 7.34. The van der Waals surface area contributed by atoms with Gasteiger partial charge >= 0.3 is 35.5 Å². The fraction of sp³-hybridized carbons (Fsp3) is 0.565. The predicted molar refractivity (Wildman–Crippen MR) is 128 cm³/mol. The van der Waals surface area contributed by atoms with E-state index in [-0.39, 0.29) is 29.6 Å². The first kappa shape index (κ1) is 27.6. The molecular weight excluding hydrogens is 435 g/mol. The third-order valence-electron chi connectivity index (χ3n) is 5.72. The van der Waals surface area contributed by atoms with Crippen molar-refractivity contribution in [1.29, 1.82) is 0 Å². The van der Waals surface area contributed by atoms with E-state index in [1.54, 1.807) is 6.92 Å². The minimum absolute atomic E-state index is 0. The van der Waals surface area contributed by atoms with Crippen molar-refractivity contribution in [3.8, 4) is 5.75 Å². The monoisotopic (exact) mass is 470 g/mol. The topological polar surface area (TPSA) is 98.1 Å². The molecule has 0 aromatic heterocycles. The molecule has 0 amide bonds. The van der Waals surface area contributed by atoms with Crippen molar-refractivity contribution in [2.75, 3.05) is 39.9 Å². The molecule has 1 aromatic rings. The molecular formula is C23H35N4NaO5. The van der Waals surface area contributed by atoms with Crippen LogP contribution in [0.2, 0.25) is 0 Å². The van der Waals surface area contributed by atoms with Crippen molar-refractivity contribution in [2.24, 2.45) is 4.99 Å². The number of carboxylic acid groups (broad SMARTS) is 1. The van der Waals surface area contributed by atoms with Crippen molar-refractivity contribution < 1.29 is 24.5 Å². The molecule has 0 fully saturated rings. The van der Waals surface area contributed by atoms with Crippen LogP contribution < -0.4 is 4.74 Å². The summed E-state index contributed by atoms with van der Waals surface area (Å²) in [5.74, 6) is 0.496. The second kappa shape index (κ2) is 12.7. The van der Waals surface area contributed by atoms with Gasteiger partial charge in [-0.15, -0.1) is 0 Å². The van der Waals surface area contributed by atoms with Gasteiger partial charge in [-0.05, 0) is 38.0 Å². The fourth-order valence-corrected chi connectivity index (χ4v) is 4.08. The van der Waals surface area contributed by atoms with E-state index in [1.165, 1.54) is 0 Å². The summed E-state index contributed by atoms with van der Waals surface area (Å²) < 4.78 is 11.1. The van der Waals surface area contributed by atoms with Crippen molar-refractivity contribution in [3.63, 3.8) is 0 Å². The van der Waals surface area contributed by atoms with E-state index in [0.29, 0.717) is 31.9 Å². The van der Waals surface area contributed by atoms with Gasteiger partial charge in [0.05, 0.1) is 18.8 Å². The molecule has 9 nitrogen and oxygen atoms in total. The summed E-state index contributed by atoms with van der Waals surface area (Å²) >= 11 is 0. The zero-order valence-corrected chi connectivity index (χ0v) is 19.3. The molecule has 2 atom stereocenters. The number of carboxylic acids is 1. The zero-order chi connectivity index (χ0) is 23.3. The summed E-state index contributed by atoms with van der Waals surface area (Å²) in [7, 11) is 1.97. The van der Waals surface area contributed by atoms with Crippen molar-refractivity contribution in [3.05, 3.63) is 41.2 Å². The van der Waals surface area contributed by atoms with Crippen LogP contribution in [0.5, 0.6) is 5.75 Å². The Balaban J connectivity index is 0.00000385. The third-order valence-corrected chi connectivity index (χ3v) is 5.72. The van der Waals surface area contributed by atoms with Gasteiger partial charge in [0.2, 0.25) is 0 Å². The van der Waals surface area contributed by atoms with Crippen LogP contribution >= 0.6 is 0 Å². The van der Waals surface area contributed by atoms with Gasteiger partial charge in [-0.2, -0.15) is 0 Å². The Kier molecular flexibility index (Phi) is 10.7. The Bertz CT molecular complexity index is 861. The number of aliphatic hydroxyl groups excluding tert-OH is 1. The first-order valence-corrected chi connectivity index (χ1v) is 11.1. The Hall–Kier alpha value is -1.62. The van der Waals surface area contributed by atoms with Gasteiger partial charge < -0.3 is 29.6 Å². The van der Waals surface area contributed by atoms with E-state index < -0.39 is 18.3 Å². The molecule has 2 N–H and O–H groups in total. The van der Waals surface area contributed by atoms with Crippen molar-refractivity contribution in [1.82, 2.24) is 14.9 Å². The Morgan fingerprint density at radius 1 is 1.24 bits per heavy atom. The molecule has 33 heavy (non-hydrogen) atoms. The van der Waals surface area contributed by atoms with Crippen LogP contribution in [-0.4, -0.2) is 119 Å². The number of aliphatic carboxylic acids is 1. The van der Waals surface area contributed by atoms with Crippen LogP contribution in [0.1, 0.15) is 32.8 Å². The number of hydrogen-bond donors (Lipinski definition) is 2. The molecule has 3 rings (SSSR count). The number of rotatable bonds is 11. The number of amidine groups is 1. The molecule has 2 aliphatic rings. The first-order chi connectivity index (χ1) is 15.3. The molecule has 0 spiro atoms. The molecule has 10 heteroatoms. The molecule has 2 unspecified atom stereocenters. The zero-order valence-electron chi connectivity index (χ0n) is 19.3. The van der Waals surface area contributed by atoms with Gasteiger partial charge in [0, 0.05) is 26.6 Å². The summed E-state index contributed by atoms with van der Waals surface area (Å²) in [4.78, 5) is 17.8. The Morgan fingerprint density at radius 2 is 1.94 bits per heavy atom. The number of carbonyl (C=O) groups is 1. The quantitative estimate of drug-likeness (QED) is 0.467. The normalized spacial score (nSPS) is 19.2. The summed E-state index contributed by atoms with van der Waals surface area (Å²) in [6.07, 6.45) is -0.274. The van der Waals surface area contributed by atoms with Gasteiger partial charge in [0.15, 0.2) is 12.3 Å². The van der Waals surface area contributed by atoms with Crippen molar-refractivity contribution in [2.45, 2.75) is 45.9 Å². The summed E-state index contributed by atoms with van der Waals surface area (Å²) in [5, 5.41) is 24.4. The molecule has 0 saturated heterocycles. The second-order valence-corrected chi connectivity index (χ2v) is 7.95. The average Bonchev–Trinajstić information content (AvgIpc) is 3.06. The molecule has 0 saturated carbocycles. The maximum atomic E-state index is 11.3. The number of hydrogen-bond acceptors (Lipinski definition) is 8. The van der Waals surface area contributed by atoms with Crippen LogP contribution in [-0.2, 0) is 16.0 Å². The molecule has 2 heterocycles. The summed E-state index contributed by atoms with van der Waals surface area (Å²) in [5.41, 5.74) is 2.62. The van der Waals surface area contributed by atoms with Crippen molar-refractivity contribution >= 4 is 41.4 Å². The van der Waals surface area contributed by atoms with E-state index >= 15 is 0 Å². The number of likely N-dealkylation sites (N-methyl/N-ethyl adjacent to an activating group) is 1. The Morgan fingerprint density at radius 3 is 2.55 bits per heavy atom. The molecule has 0 bridgehead atoms. The number of ether oxygens (including phenoxy) is 2. The first-order valence-electron chi connectivity index (χ1n) is 11.1. The molecule has 0 radical (unpaired) electrons. The van der Waals surface area contributed by atoms with Crippen LogP contribution in [0.4, 0.5) is 0 Å². The molecule has 178 valence electrons. The molecule has 1 aromatic carbocycles. The molecule has 2 aliphatic heterocycles. The van der Waals surface area contributed by atoms with Crippen LogP contribution in [0.25, 0.3) is 0 Å². The average molecular weight is 471 g/mol. The van der Waals surface area contributed by atoms with E-state index in [9.17, 15) is 15.0 Å². The SMILES string of the molecule is CCCN1CC2=C(C(O)N(CCOc3ccc(CC(OCC)C(=O)O)cc3)C(C)=N2)N1C.[NaH]. The van der Waals surface area contributed by atoms with Crippen LogP contribution in [0, 0.1) is 0 Å². The minimum atomic E-state index is -0.965. The number of aliphatic imine (C=N–C) groups is 1. The predicted octanol–water partition coefficient (Wildman–Crippen LogP) is 1.29. The van der Waals surface area contributed by atoms with E-state index in [2.05, 4.69) is 11.9 Å². The van der Waals surface area contributed by atoms with Crippen LogP contribution in [0.3, 0.4) is 0 Å². The number of hydrazine groups is 1. The van der Waals surface area contributed by atoms with Gasteiger partial charge in [0.1, 0.15) is 23.9 Å². The third kappa shape index (κ3) is 6.71. The Labute approximate surface area is 217 Å².